The Hall–Kier alpha value is -1.53. The maximum atomic E-state index is 8.63. The van der Waals surface area contributed by atoms with Crippen molar-refractivity contribution < 1.29 is 4.74 Å². The molecule has 0 aliphatic carbocycles. The molecule has 15 heavy (non-hydrogen) atoms. The molecule has 0 saturated carbocycles. The lowest BCUT2D eigenvalue weighted by Gasteiger charge is -2.11. The van der Waals surface area contributed by atoms with Gasteiger partial charge in [-0.25, -0.2) is 0 Å². The van der Waals surface area contributed by atoms with E-state index in [1.807, 2.05) is 12.1 Å². The van der Waals surface area contributed by atoms with Crippen LogP contribution in [0, 0.1) is 11.3 Å². The zero-order valence-corrected chi connectivity index (χ0v) is 8.57. The predicted octanol–water partition coefficient (Wildman–Crippen LogP) is 1.69. The van der Waals surface area contributed by atoms with Crippen molar-refractivity contribution in [3.63, 3.8) is 0 Å². The van der Waals surface area contributed by atoms with E-state index in [1.165, 1.54) is 12.8 Å². The van der Waals surface area contributed by atoms with Crippen LogP contribution in [0.25, 0.3) is 0 Å². The third-order valence-corrected chi connectivity index (χ3v) is 2.60. The van der Waals surface area contributed by atoms with Crippen molar-refractivity contribution in [3.8, 4) is 11.8 Å². The SMILES string of the molecule is N#Cc1ccc(OC[C@H]2CCCN2)cc1. The third-order valence-electron chi connectivity index (χ3n) is 2.60. The average Bonchev–Trinajstić information content (AvgIpc) is 2.80. The van der Waals surface area contributed by atoms with Gasteiger partial charge >= 0.3 is 0 Å². The Balaban J connectivity index is 1.85. The number of ether oxygens (including phenoxy) is 1. The van der Waals surface area contributed by atoms with Gasteiger partial charge in [-0.1, -0.05) is 0 Å². The summed E-state index contributed by atoms with van der Waals surface area (Å²) in [6, 6.07) is 9.80. The fourth-order valence-electron chi connectivity index (χ4n) is 1.72. The highest BCUT2D eigenvalue weighted by Crippen LogP contribution is 2.13. The lowest BCUT2D eigenvalue weighted by atomic mass is 10.2. The molecule has 1 heterocycles. The largest absolute Gasteiger partial charge is 0.492 e. The van der Waals surface area contributed by atoms with E-state index >= 15 is 0 Å². The Morgan fingerprint density at radius 3 is 2.80 bits per heavy atom. The van der Waals surface area contributed by atoms with E-state index < -0.39 is 0 Å². The number of nitrogens with one attached hydrogen (secondary N) is 1. The van der Waals surface area contributed by atoms with Gasteiger partial charge in [0.25, 0.3) is 0 Å². The first kappa shape index (κ1) is 10.0. The first-order valence-electron chi connectivity index (χ1n) is 5.25. The zero-order chi connectivity index (χ0) is 10.5. The van der Waals surface area contributed by atoms with E-state index in [0.29, 0.717) is 18.2 Å². The molecule has 1 fully saturated rings. The van der Waals surface area contributed by atoms with Crippen LogP contribution < -0.4 is 10.1 Å². The van der Waals surface area contributed by atoms with Gasteiger partial charge in [0.15, 0.2) is 0 Å². The summed E-state index contributed by atoms with van der Waals surface area (Å²) in [5.41, 5.74) is 0.668. The third kappa shape index (κ3) is 2.71. The minimum atomic E-state index is 0.487. The van der Waals surface area contributed by atoms with Crippen molar-refractivity contribution in [3.05, 3.63) is 29.8 Å². The second-order valence-corrected chi connectivity index (χ2v) is 3.74. The molecule has 1 atom stereocenters. The van der Waals surface area contributed by atoms with Crippen molar-refractivity contribution in [1.82, 2.24) is 5.32 Å². The predicted molar refractivity (Wildman–Crippen MR) is 57.7 cm³/mol. The second kappa shape index (κ2) is 4.81. The molecule has 1 aromatic carbocycles. The Kier molecular flexibility index (Phi) is 3.21. The quantitative estimate of drug-likeness (QED) is 0.811. The summed E-state index contributed by atoms with van der Waals surface area (Å²) >= 11 is 0. The van der Waals surface area contributed by atoms with Gasteiger partial charge in [0, 0.05) is 6.04 Å². The fourth-order valence-corrected chi connectivity index (χ4v) is 1.72. The van der Waals surface area contributed by atoms with Crippen LogP contribution in [0.2, 0.25) is 0 Å². The van der Waals surface area contributed by atoms with Gasteiger partial charge in [0.1, 0.15) is 12.4 Å². The second-order valence-electron chi connectivity index (χ2n) is 3.74. The van der Waals surface area contributed by atoms with Gasteiger partial charge < -0.3 is 10.1 Å². The van der Waals surface area contributed by atoms with E-state index in [9.17, 15) is 0 Å². The van der Waals surface area contributed by atoms with Crippen LogP contribution in [0.1, 0.15) is 18.4 Å². The molecule has 3 nitrogen and oxygen atoms in total. The number of nitriles is 1. The molecule has 0 radical (unpaired) electrons. The summed E-state index contributed by atoms with van der Waals surface area (Å²) in [5.74, 6) is 0.836. The molecule has 78 valence electrons. The molecule has 0 aromatic heterocycles. The molecular formula is C12H14N2O. The molecule has 3 heteroatoms. The molecule has 1 aromatic rings. The molecule has 1 aliphatic heterocycles. The monoisotopic (exact) mass is 202 g/mol. The van der Waals surface area contributed by atoms with Crippen molar-refractivity contribution >= 4 is 0 Å². The van der Waals surface area contributed by atoms with Crippen LogP contribution in [0.15, 0.2) is 24.3 Å². The molecule has 1 saturated heterocycles. The highest BCUT2D eigenvalue weighted by molar-refractivity contribution is 5.34. The zero-order valence-electron chi connectivity index (χ0n) is 8.57. The number of rotatable bonds is 3. The maximum absolute atomic E-state index is 8.63. The van der Waals surface area contributed by atoms with Crippen molar-refractivity contribution in [2.75, 3.05) is 13.2 Å². The van der Waals surface area contributed by atoms with Gasteiger partial charge in [0.05, 0.1) is 11.6 Å². The molecule has 0 spiro atoms. The minimum Gasteiger partial charge on any atom is -0.492 e. The molecule has 0 bridgehead atoms. The first-order chi connectivity index (χ1) is 7.38. The highest BCUT2D eigenvalue weighted by Gasteiger charge is 2.14. The summed E-state index contributed by atoms with van der Waals surface area (Å²) in [6.07, 6.45) is 2.43. The van der Waals surface area contributed by atoms with Crippen LogP contribution >= 0.6 is 0 Å². The van der Waals surface area contributed by atoms with Gasteiger partial charge in [-0.3, -0.25) is 0 Å². The topological polar surface area (TPSA) is 45.0 Å². The van der Waals surface area contributed by atoms with Gasteiger partial charge in [-0.2, -0.15) is 5.26 Å². The number of hydrogen-bond acceptors (Lipinski definition) is 3. The lowest BCUT2D eigenvalue weighted by molar-refractivity contribution is 0.277. The van der Waals surface area contributed by atoms with Crippen LogP contribution in [0.4, 0.5) is 0 Å². The summed E-state index contributed by atoms with van der Waals surface area (Å²) < 4.78 is 5.62. The summed E-state index contributed by atoms with van der Waals surface area (Å²) in [5, 5.41) is 12.0. The highest BCUT2D eigenvalue weighted by atomic mass is 16.5. The summed E-state index contributed by atoms with van der Waals surface area (Å²) in [6.45, 7) is 1.81. The van der Waals surface area contributed by atoms with Gasteiger partial charge in [-0.15, -0.1) is 0 Å². The normalized spacial score (nSPS) is 19.8. The van der Waals surface area contributed by atoms with Gasteiger partial charge in [-0.05, 0) is 43.7 Å². The Labute approximate surface area is 89.7 Å². The molecular weight excluding hydrogens is 188 g/mol. The Morgan fingerprint density at radius 2 is 2.20 bits per heavy atom. The minimum absolute atomic E-state index is 0.487. The molecule has 0 amide bonds. The standard InChI is InChI=1S/C12H14N2O/c13-8-10-3-5-12(6-4-10)15-9-11-2-1-7-14-11/h3-6,11,14H,1-2,7,9H2/t11-/m1/s1. The van der Waals surface area contributed by atoms with Crippen LogP contribution in [0.5, 0.6) is 5.75 Å². The molecule has 1 N–H and O–H groups in total. The average molecular weight is 202 g/mol. The van der Waals surface area contributed by atoms with Crippen LogP contribution in [0.3, 0.4) is 0 Å². The van der Waals surface area contributed by atoms with Gasteiger partial charge in [0.2, 0.25) is 0 Å². The van der Waals surface area contributed by atoms with E-state index in [4.69, 9.17) is 10.00 Å². The summed E-state index contributed by atoms with van der Waals surface area (Å²) in [4.78, 5) is 0. The smallest absolute Gasteiger partial charge is 0.119 e. The molecule has 0 unspecified atom stereocenters. The van der Waals surface area contributed by atoms with E-state index in [1.54, 1.807) is 12.1 Å². The Morgan fingerprint density at radius 1 is 1.40 bits per heavy atom. The van der Waals surface area contributed by atoms with Crippen molar-refractivity contribution in [2.45, 2.75) is 18.9 Å². The Bertz CT molecular complexity index is 347. The van der Waals surface area contributed by atoms with E-state index in [-0.39, 0.29) is 0 Å². The van der Waals surface area contributed by atoms with E-state index in [0.717, 1.165) is 12.3 Å². The van der Waals surface area contributed by atoms with Crippen LogP contribution in [-0.4, -0.2) is 19.2 Å². The first-order valence-corrected chi connectivity index (χ1v) is 5.25. The van der Waals surface area contributed by atoms with Crippen LogP contribution in [-0.2, 0) is 0 Å². The number of benzene rings is 1. The summed E-state index contributed by atoms with van der Waals surface area (Å²) in [7, 11) is 0. The van der Waals surface area contributed by atoms with Crippen molar-refractivity contribution in [1.29, 1.82) is 5.26 Å². The van der Waals surface area contributed by atoms with Crippen molar-refractivity contribution in [2.24, 2.45) is 0 Å². The number of hydrogen-bond donors (Lipinski definition) is 1. The van der Waals surface area contributed by atoms with E-state index in [2.05, 4.69) is 11.4 Å². The molecule has 1 aliphatic rings. The molecule has 2 rings (SSSR count). The maximum Gasteiger partial charge on any atom is 0.119 e. The lowest BCUT2D eigenvalue weighted by Crippen LogP contribution is -2.28. The fraction of sp³-hybridized carbons (Fsp3) is 0.417. The number of nitrogens with zero attached hydrogens (tertiary/aromatic N) is 1.